The van der Waals surface area contributed by atoms with Crippen LogP contribution in [0.1, 0.15) is 27.0 Å². The van der Waals surface area contributed by atoms with Crippen LogP contribution in [0, 0.1) is 6.92 Å². The SMILES string of the molecule is Cc1ccc(CC(C)Nc2ccc(C(=O)O)cc2)s1. The van der Waals surface area contributed by atoms with Gasteiger partial charge in [0.05, 0.1) is 5.56 Å². The van der Waals surface area contributed by atoms with Gasteiger partial charge in [0.1, 0.15) is 0 Å². The van der Waals surface area contributed by atoms with Crippen molar-refractivity contribution in [3.05, 3.63) is 51.7 Å². The van der Waals surface area contributed by atoms with E-state index in [9.17, 15) is 4.79 Å². The Morgan fingerprint density at radius 2 is 1.95 bits per heavy atom. The van der Waals surface area contributed by atoms with Gasteiger partial charge in [-0.05, 0) is 50.2 Å². The summed E-state index contributed by atoms with van der Waals surface area (Å²) in [5, 5.41) is 12.2. The first kappa shape index (κ1) is 13.6. The van der Waals surface area contributed by atoms with Gasteiger partial charge in [0.15, 0.2) is 0 Å². The quantitative estimate of drug-likeness (QED) is 0.872. The minimum Gasteiger partial charge on any atom is -0.478 e. The molecule has 0 aliphatic rings. The van der Waals surface area contributed by atoms with Gasteiger partial charge in [-0.1, -0.05) is 0 Å². The third-order valence-corrected chi connectivity index (χ3v) is 3.87. The van der Waals surface area contributed by atoms with Crippen molar-refractivity contribution in [2.45, 2.75) is 26.3 Å². The molecule has 0 saturated carbocycles. The van der Waals surface area contributed by atoms with Crippen LogP contribution in [0.2, 0.25) is 0 Å². The van der Waals surface area contributed by atoms with Crippen LogP contribution in [0.5, 0.6) is 0 Å². The minimum atomic E-state index is -0.895. The van der Waals surface area contributed by atoms with Crippen LogP contribution < -0.4 is 5.32 Å². The van der Waals surface area contributed by atoms with Crippen molar-refractivity contribution >= 4 is 23.0 Å². The maximum atomic E-state index is 10.8. The van der Waals surface area contributed by atoms with Crippen molar-refractivity contribution in [2.24, 2.45) is 0 Å². The zero-order chi connectivity index (χ0) is 13.8. The molecule has 0 bridgehead atoms. The molecule has 1 aromatic heterocycles. The van der Waals surface area contributed by atoms with Crippen LogP contribution in [0.3, 0.4) is 0 Å². The topological polar surface area (TPSA) is 49.3 Å². The van der Waals surface area contributed by atoms with Crippen LogP contribution in [0.25, 0.3) is 0 Å². The summed E-state index contributed by atoms with van der Waals surface area (Å²) in [4.78, 5) is 13.4. The van der Waals surface area contributed by atoms with Crippen molar-refractivity contribution in [2.75, 3.05) is 5.32 Å². The van der Waals surface area contributed by atoms with Crippen LogP contribution in [0.15, 0.2) is 36.4 Å². The lowest BCUT2D eigenvalue weighted by atomic mass is 10.1. The number of rotatable bonds is 5. The Morgan fingerprint density at radius 3 is 2.47 bits per heavy atom. The second kappa shape index (κ2) is 5.89. The largest absolute Gasteiger partial charge is 0.478 e. The summed E-state index contributed by atoms with van der Waals surface area (Å²) in [5.41, 5.74) is 1.26. The average Bonchev–Trinajstić information content (AvgIpc) is 2.75. The first-order valence-electron chi connectivity index (χ1n) is 6.20. The van der Waals surface area contributed by atoms with Gasteiger partial charge in [0.2, 0.25) is 0 Å². The molecule has 0 radical (unpaired) electrons. The molecule has 2 rings (SSSR count). The summed E-state index contributed by atoms with van der Waals surface area (Å²) in [7, 11) is 0. The van der Waals surface area contributed by atoms with E-state index in [-0.39, 0.29) is 0 Å². The standard InChI is InChI=1S/C15H17NO2S/c1-10(9-14-8-3-11(2)19-14)16-13-6-4-12(5-7-13)15(17)18/h3-8,10,16H,9H2,1-2H3,(H,17,18). The van der Waals surface area contributed by atoms with Crippen LogP contribution in [-0.2, 0) is 6.42 Å². The predicted octanol–water partition coefficient (Wildman–Crippen LogP) is 3.80. The molecule has 2 N–H and O–H groups in total. The van der Waals surface area contributed by atoms with Crippen molar-refractivity contribution in [1.29, 1.82) is 0 Å². The molecule has 19 heavy (non-hydrogen) atoms. The molecule has 1 atom stereocenters. The highest BCUT2D eigenvalue weighted by Gasteiger charge is 2.06. The lowest BCUT2D eigenvalue weighted by Gasteiger charge is -2.14. The molecular weight excluding hydrogens is 258 g/mol. The summed E-state index contributed by atoms with van der Waals surface area (Å²) in [6.07, 6.45) is 0.971. The summed E-state index contributed by atoms with van der Waals surface area (Å²) < 4.78 is 0. The monoisotopic (exact) mass is 275 g/mol. The van der Waals surface area contributed by atoms with Gasteiger partial charge in [0, 0.05) is 27.9 Å². The number of anilines is 1. The van der Waals surface area contributed by atoms with Gasteiger partial charge in [-0.25, -0.2) is 4.79 Å². The molecule has 0 spiro atoms. The zero-order valence-corrected chi connectivity index (χ0v) is 11.8. The maximum absolute atomic E-state index is 10.8. The molecule has 2 aromatic rings. The van der Waals surface area contributed by atoms with Crippen molar-refractivity contribution in [1.82, 2.24) is 0 Å². The number of aromatic carboxylic acids is 1. The Hall–Kier alpha value is -1.81. The van der Waals surface area contributed by atoms with Crippen molar-refractivity contribution in [3.63, 3.8) is 0 Å². The molecule has 0 saturated heterocycles. The number of hydrogen-bond acceptors (Lipinski definition) is 3. The third kappa shape index (κ3) is 3.83. The van der Waals surface area contributed by atoms with E-state index in [1.165, 1.54) is 9.75 Å². The van der Waals surface area contributed by atoms with E-state index >= 15 is 0 Å². The van der Waals surface area contributed by atoms with Gasteiger partial charge >= 0.3 is 5.97 Å². The van der Waals surface area contributed by atoms with E-state index in [0.29, 0.717) is 11.6 Å². The van der Waals surface area contributed by atoms with Crippen LogP contribution in [0.4, 0.5) is 5.69 Å². The highest BCUT2D eigenvalue weighted by Crippen LogP contribution is 2.18. The van der Waals surface area contributed by atoms with E-state index in [1.807, 2.05) is 11.3 Å². The number of carboxylic acid groups (broad SMARTS) is 1. The van der Waals surface area contributed by atoms with Gasteiger partial charge < -0.3 is 10.4 Å². The summed E-state index contributed by atoms with van der Waals surface area (Å²) in [6.45, 7) is 4.23. The average molecular weight is 275 g/mol. The Balaban J connectivity index is 1.94. The number of hydrogen-bond donors (Lipinski definition) is 2. The fourth-order valence-electron chi connectivity index (χ4n) is 1.94. The summed E-state index contributed by atoms with van der Waals surface area (Å²) in [6, 6.07) is 11.5. The molecular formula is C15H17NO2S. The van der Waals surface area contributed by atoms with E-state index in [0.717, 1.165) is 12.1 Å². The van der Waals surface area contributed by atoms with Crippen LogP contribution in [-0.4, -0.2) is 17.1 Å². The van der Waals surface area contributed by atoms with Gasteiger partial charge in [-0.15, -0.1) is 11.3 Å². The van der Waals surface area contributed by atoms with E-state index in [4.69, 9.17) is 5.11 Å². The number of carboxylic acids is 1. The fourth-order valence-corrected chi connectivity index (χ4v) is 2.96. The highest BCUT2D eigenvalue weighted by molar-refractivity contribution is 7.11. The number of thiophene rings is 1. The minimum absolute atomic E-state index is 0.312. The molecule has 0 aliphatic heterocycles. The second-order valence-corrected chi connectivity index (χ2v) is 6.02. The first-order valence-corrected chi connectivity index (χ1v) is 7.01. The number of carbonyl (C=O) groups is 1. The molecule has 1 aromatic carbocycles. The van der Waals surface area contributed by atoms with Crippen molar-refractivity contribution in [3.8, 4) is 0 Å². The molecule has 0 aliphatic carbocycles. The smallest absolute Gasteiger partial charge is 0.335 e. The molecule has 0 amide bonds. The number of nitrogens with one attached hydrogen (secondary N) is 1. The van der Waals surface area contributed by atoms with E-state index < -0.39 is 5.97 Å². The summed E-state index contributed by atoms with van der Waals surface area (Å²) in [5.74, 6) is -0.895. The predicted molar refractivity (Wildman–Crippen MR) is 79.2 cm³/mol. The van der Waals surface area contributed by atoms with E-state index in [2.05, 4.69) is 31.3 Å². The Morgan fingerprint density at radius 1 is 1.26 bits per heavy atom. The lowest BCUT2D eigenvalue weighted by molar-refractivity contribution is 0.0697. The van der Waals surface area contributed by atoms with E-state index in [1.54, 1.807) is 24.3 Å². The Kier molecular flexibility index (Phi) is 4.22. The normalized spacial score (nSPS) is 12.1. The molecule has 3 nitrogen and oxygen atoms in total. The molecule has 0 fully saturated rings. The number of aryl methyl sites for hydroxylation is 1. The van der Waals surface area contributed by atoms with Gasteiger partial charge in [-0.2, -0.15) is 0 Å². The maximum Gasteiger partial charge on any atom is 0.335 e. The van der Waals surface area contributed by atoms with Gasteiger partial charge in [-0.3, -0.25) is 0 Å². The van der Waals surface area contributed by atoms with Gasteiger partial charge in [0.25, 0.3) is 0 Å². The molecule has 1 heterocycles. The molecule has 100 valence electrons. The summed E-state index contributed by atoms with van der Waals surface area (Å²) >= 11 is 1.82. The Bertz CT molecular complexity index is 560. The Labute approximate surface area is 116 Å². The lowest BCUT2D eigenvalue weighted by Crippen LogP contribution is -2.17. The fraction of sp³-hybridized carbons (Fsp3) is 0.267. The first-order chi connectivity index (χ1) is 9.04. The third-order valence-electron chi connectivity index (χ3n) is 2.85. The molecule has 4 heteroatoms. The molecule has 1 unspecified atom stereocenters. The number of benzene rings is 1. The zero-order valence-electron chi connectivity index (χ0n) is 11.0. The highest BCUT2D eigenvalue weighted by atomic mass is 32.1. The van der Waals surface area contributed by atoms with Crippen LogP contribution >= 0.6 is 11.3 Å². The van der Waals surface area contributed by atoms with Crippen molar-refractivity contribution < 1.29 is 9.90 Å². The second-order valence-electron chi connectivity index (χ2n) is 4.64.